The summed E-state index contributed by atoms with van der Waals surface area (Å²) in [5.41, 5.74) is 1.86. The number of amides is 9. The first-order valence-corrected chi connectivity index (χ1v) is 43.4. The summed E-state index contributed by atoms with van der Waals surface area (Å²) in [6.45, 7) is 4.02. The quantitative estimate of drug-likeness (QED) is 0.0204. The van der Waals surface area contributed by atoms with Crippen LogP contribution in [0.4, 0.5) is 25.8 Å². The molecule has 5 aliphatic rings. The second kappa shape index (κ2) is 61.8. The van der Waals surface area contributed by atoms with E-state index in [4.69, 9.17) is 52.1 Å². The lowest BCUT2D eigenvalue weighted by Crippen LogP contribution is -2.52. The van der Waals surface area contributed by atoms with Crippen LogP contribution in [0.5, 0.6) is 0 Å². The number of allylic oxidation sites excluding steroid dienone is 2. The molecular weight excluding hydrogens is 1680 g/mol. The van der Waals surface area contributed by atoms with Crippen LogP contribution < -0.4 is 25.8 Å². The Morgan fingerprint density at radius 3 is 1.23 bits per heavy atom. The number of benzene rings is 2. The highest BCUT2D eigenvalue weighted by Gasteiger charge is 2.32. The zero-order chi connectivity index (χ0) is 92.6. The highest BCUT2D eigenvalue weighted by molar-refractivity contribution is 6.13. The van der Waals surface area contributed by atoms with Crippen molar-refractivity contribution in [2.24, 2.45) is 0 Å². The molecule has 0 aromatic heterocycles. The van der Waals surface area contributed by atoms with Crippen molar-refractivity contribution in [3.8, 4) is 0 Å². The molecule has 7 rings (SSSR count). The van der Waals surface area contributed by atoms with Crippen LogP contribution in [0.15, 0.2) is 97.1 Å². The number of imide groups is 2. The van der Waals surface area contributed by atoms with Gasteiger partial charge >= 0.3 is 42.2 Å². The van der Waals surface area contributed by atoms with Crippen LogP contribution in [-0.2, 0) is 105 Å². The molecule has 9 amide bonds. The van der Waals surface area contributed by atoms with Gasteiger partial charge in [0.25, 0.3) is 29.5 Å². The normalized spacial score (nSPS) is 18.1. The molecule has 3 heterocycles. The third-order valence-corrected chi connectivity index (χ3v) is 20.7. The summed E-state index contributed by atoms with van der Waals surface area (Å²) in [5.74, 6) is -7.36. The summed E-state index contributed by atoms with van der Waals surface area (Å²) in [6, 6.07) is 11.8. The third-order valence-electron chi connectivity index (χ3n) is 20.7. The molecule has 2 aromatic rings. The van der Waals surface area contributed by atoms with Crippen molar-refractivity contribution in [3.05, 3.63) is 108 Å². The van der Waals surface area contributed by atoms with E-state index in [1.807, 2.05) is 18.2 Å². The first-order valence-electron chi connectivity index (χ1n) is 43.4. The first-order chi connectivity index (χ1) is 61.8. The topological polar surface area (TPSA) is 504 Å². The summed E-state index contributed by atoms with van der Waals surface area (Å²) in [5, 5.41) is 57.1. The van der Waals surface area contributed by atoms with Gasteiger partial charge in [-0.2, -0.15) is 0 Å². The molecule has 5 atom stereocenters. The van der Waals surface area contributed by atoms with Gasteiger partial charge in [0.15, 0.2) is 5.78 Å². The Morgan fingerprint density at radius 2 is 0.812 bits per heavy atom. The van der Waals surface area contributed by atoms with Crippen LogP contribution in [0, 0.1) is 0 Å². The largest absolute Gasteiger partial charge is 0.480 e. The molecule has 41 nitrogen and oxygen atoms in total. The van der Waals surface area contributed by atoms with Crippen LogP contribution in [0.2, 0.25) is 0 Å². The standard InChI is InChI=1S/C58H89N9O22.C29H38N2O8/c1-62(58(81)88-46-7-5-3-2-4-6-8-46)45-11-9-44(10-12-45)54(55(77)60-18-30-83-33-36-85-32-28-67-49(69)15-16-50(67)70)89-57(80)61-19-31-84-35-38-87-40-39-86-37-34-82-29-17-59-48(68)14-13-47(56(78)79)66-26-24-64(42-52(73)74)22-20-63(41-51(71)72)21-23-65(25-27-66)43-53(75)76;1-30(29(36)39-24-8-5-3-2-4-6-9-24)23-13-11-22(12-14-23)28(35)25(32)10-7-18-37-20-21-38-19-17-31-26(33)15-16-27(31)34/h5,7,9-12,15-16,46-47,54H,2-4,6,8,13-14,17-43H2,1H3,(H,59,68)(H,60,77)(H,61,80)(H,71,72)(H,73,74)(H,75,76)(H,78,79);5,8,11-16,24,28,35H,2-4,6-7,9-10,17-21H2,1H3/b7-5+;8-5+/t46-,47?,54+;24-,28+/m00/s1. The number of aliphatic hydroxyl groups excluding tert-OH is 1. The predicted octanol–water partition coefficient (Wildman–Crippen LogP) is 3.37. The zero-order valence-corrected chi connectivity index (χ0v) is 73.2. The van der Waals surface area contributed by atoms with E-state index in [0.717, 1.165) is 74.0 Å². The Bertz CT molecular complexity index is 3860. The molecule has 128 heavy (non-hydrogen) atoms. The number of aliphatic carboxylic acids is 4. The molecule has 1 unspecified atom stereocenters. The van der Waals surface area contributed by atoms with Gasteiger partial charge in [-0.3, -0.25) is 91.9 Å². The number of alkyl carbamates (subject to hydrolysis) is 1. The fraction of sp³-hybridized carbons (Fsp3) is 0.609. The molecule has 0 radical (unpaired) electrons. The van der Waals surface area contributed by atoms with Gasteiger partial charge in [-0.1, -0.05) is 49.3 Å². The SMILES string of the molecule is CN(C(=O)O[C@H]1/C=C/CCCCC1)c1ccc([C@@H](O)C(=O)CCCOCCOCCN2C(=O)C=CC2=O)cc1.CN(C(=O)O[C@H]1/C=C/CCCCC1)c1ccc([C@@H](OC(=O)NCCOCCOCCOCCOCCNC(=O)CCC(C(=O)O)N2CCN(CC(=O)O)CCN(CC(=O)O)CCN(CC(=O)O)CC2)C(=O)NCCOCCOCCN2C(=O)C=CC2=O)cc1. The molecule has 3 aliphatic heterocycles. The van der Waals surface area contributed by atoms with Crippen LogP contribution in [0.25, 0.3) is 0 Å². The second-order valence-electron chi connectivity index (χ2n) is 30.3. The highest BCUT2D eigenvalue weighted by atomic mass is 16.6. The number of rotatable bonds is 54. The number of hydrogen-bond donors (Lipinski definition) is 8. The number of carboxylic acid groups (broad SMARTS) is 4. The van der Waals surface area contributed by atoms with E-state index >= 15 is 0 Å². The number of carbonyl (C=O) groups excluding carboxylic acids is 10. The molecule has 1 saturated heterocycles. The summed E-state index contributed by atoms with van der Waals surface area (Å²) in [4.78, 5) is 182. The summed E-state index contributed by atoms with van der Waals surface area (Å²) >= 11 is 0. The Labute approximate surface area is 744 Å². The number of nitrogens with zero attached hydrogens (tertiary/aromatic N) is 8. The van der Waals surface area contributed by atoms with Gasteiger partial charge in [-0.25, -0.2) is 14.4 Å². The van der Waals surface area contributed by atoms with E-state index in [1.54, 1.807) is 82.2 Å². The minimum Gasteiger partial charge on any atom is -0.480 e. The lowest BCUT2D eigenvalue weighted by atomic mass is 10.0. The number of ether oxygens (including phenoxy) is 11. The predicted molar refractivity (Wildman–Crippen MR) is 460 cm³/mol. The summed E-state index contributed by atoms with van der Waals surface area (Å²) in [6.07, 6.45) is 18.0. The summed E-state index contributed by atoms with van der Waals surface area (Å²) < 4.78 is 60.9. The molecular formula is C87H127N11O30. The van der Waals surface area contributed by atoms with Crippen molar-refractivity contribution in [2.45, 2.75) is 120 Å². The Kier molecular flexibility index (Phi) is 51.3. The molecule has 8 N–H and O–H groups in total. The fourth-order valence-electron chi connectivity index (χ4n) is 13.5. The number of Topliss-reactive ketones (excluding diaryl/α,β-unsaturated/α-hetero) is 1. The van der Waals surface area contributed by atoms with E-state index in [0.29, 0.717) is 48.7 Å². The zero-order valence-electron chi connectivity index (χ0n) is 73.2. The fourth-order valence-corrected chi connectivity index (χ4v) is 13.5. The number of anilines is 2. The van der Waals surface area contributed by atoms with Crippen LogP contribution in [0.3, 0.4) is 0 Å². The summed E-state index contributed by atoms with van der Waals surface area (Å²) in [7, 11) is 3.20. The molecule has 710 valence electrons. The monoisotopic (exact) mass is 1810 g/mol. The number of hydrogen-bond acceptors (Lipinski definition) is 30. The lowest BCUT2D eigenvalue weighted by molar-refractivity contribution is -0.145. The smallest absolute Gasteiger partial charge is 0.414 e. The van der Waals surface area contributed by atoms with E-state index in [1.165, 1.54) is 34.1 Å². The number of carbonyl (C=O) groups is 14. The van der Waals surface area contributed by atoms with Crippen LogP contribution in [0.1, 0.15) is 113 Å². The van der Waals surface area contributed by atoms with Gasteiger partial charge in [0.1, 0.15) is 24.4 Å². The molecule has 41 heteroatoms. The Balaban J connectivity index is 0.000000536. The van der Waals surface area contributed by atoms with Crippen LogP contribution >= 0.6 is 0 Å². The maximum Gasteiger partial charge on any atom is 0.414 e. The molecule has 2 aromatic carbocycles. The van der Waals surface area contributed by atoms with Crippen LogP contribution in [-0.4, -0.2) is 381 Å². The average molecular weight is 1810 g/mol. The molecule has 2 aliphatic carbocycles. The van der Waals surface area contributed by atoms with E-state index in [2.05, 4.69) is 22.0 Å². The minimum absolute atomic E-state index is 0.0418. The molecule has 0 saturated carbocycles. The maximum atomic E-state index is 13.5. The van der Waals surface area contributed by atoms with E-state index in [9.17, 15) is 92.7 Å². The van der Waals surface area contributed by atoms with Crippen molar-refractivity contribution in [2.75, 3.05) is 234 Å². The minimum atomic E-state index is -1.39. The van der Waals surface area contributed by atoms with Crippen molar-refractivity contribution in [1.82, 2.24) is 45.3 Å². The van der Waals surface area contributed by atoms with Gasteiger partial charge in [0.2, 0.25) is 12.0 Å². The highest BCUT2D eigenvalue weighted by Crippen LogP contribution is 2.26. The van der Waals surface area contributed by atoms with E-state index < -0.39 is 84.0 Å². The Morgan fingerprint density at radius 1 is 0.438 bits per heavy atom. The Hall–Kier alpha value is -10.5. The van der Waals surface area contributed by atoms with Gasteiger partial charge in [0, 0.05) is 147 Å². The van der Waals surface area contributed by atoms with Gasteiger partial charge in [-0.15, -0.1) is 0 Å². The van der Waals surface area contributed by atoms with Gasteiger partial charge < -0.3 is 93.6 Å². The number of aliphatic hydroxyl groups is 1. The number of nitrogens with one attached hydrogen (secondary N) is 3. The molecule has 0 spiro atoms. The first kappa shape index (κ1) is 106. The van der Waals surface area contributed by atoms with Crippen molar-refractivity contribution in [3.63, 3.8) is 0 Å². The van der Waals surface area contributed by atoms with Gasteiger partial charge in [0.05, 0.1) is 132 Å². The van der Waals surface area contributed by atoms with Crippen molar-refractivity contribution in [1.29, 1.82) is 0 Å². The lowest BCUT2D eigenvalue weighted by Gasteiger charge is -2.35. The second-order valence-corrected chi connectivity index (χ2v) is 30.3. The number of carboxylic acids is 4. The van der Waals surface area contributed by atoms with Crippen molar-refractivity contribution < 1.29 is 145 Å². The third kappa shape index (κ3) is 43.0. The van der Waals surface area contributed by atoms with Gasteiger partial charge in [-0.05, 0) is 106 Å². The van der Waals surface area contributed by atoms with E-state index in [-0.39, 0.29) is 240 Å². The van der Waals surface area contributed by atoms with Crippen molar-refractivity contribution >= 4 is 94.8 Å². The number of ketones is 1. The maximum absolute atomic E-state index is 13.5. The average Bonchev–Trinajstić information content (AvgIpc) is 1.32. The molecule has 0 bridgehead atoms. The molecule has 1 fully saturated rings.